The van der Waals surface area contributed by atoms with Crippen LogP contribution in [0.4, 0.5) is 4.39 Å². The first-order valence-electron chi connectivity index (χ1n) is 9.73. The Balaban J connectivity index is 0.00000338. The van der Waals surface area contributed by atoms with Crippen LogP contribution in [0, 0.1) is 5.82 Å². The first kappa shape index (κ1) is 23.1. The Bertz CT molecular complexity index is 530. The van der Waals surface area contributed by atoms with E-state index < -0.39 is 0 Å². The molecule has 1 aliphatic rings. The van der Waals surface area contributed by atoms with Gasteiger partial charge in [-0.15, -0.1) is 24.0 Å². The van der Waals surface area contributed by atoms with E-state index in [1.807, 2.05) is 6.07 Å². The first-order valence-corrected chi connectivity index (χ1v) is 9.73. The van der Waals surface area contributed by atoms with Gasteiger partial charge >= 0.3 is 0 Å². The molecule has 1 saturated heterocycles. The van der Waals surface area contributed by atoms with Crippen LogP contribution >= 0.6 is 24.0 Å². The van der Waals surface area contributed by atoms with Gasteiger partial charge in [-0.25, -0.2) is 4.39 Å². The van der Waals surface area contributed by atoms with Crippen molar-refractivity contribution in [2.45, 2.75) is 52.0 Å². The molecule has 0 unspecified atom stereocenters. The van der Waals surface area contributed by atoms with Crippen LogP contribution in [0.15, 0.2) is 29.3 Å². The van der Waals surface area contributed by atoms with Gasteiger partial charge in [0.05, 0.1) is 0 Å². The van der Waals surface area contributed by atoms with Crippen LogP contribution in [-0.4, -0.2) is 49.6 Å². The number of hydrogen-bond acceptors (Lipinski definition) is 2. The molecule has 26 heavy (non-hydrogen) atoms. The number of halogens is 2. The van der Waals surface area contributed by atoms with Gasteiger partial charge in [0.25, 0.3) is 0 Å². The number of nitrogens with one attached hydrogen (secondary N) is 2. The fraction of sp³-hybridized carbons (Fsp3) is 0.650. The predicted octanol–water partition coefficient (Wildman–Crippen LogP) is 3.81. The van der Waals surface area contributed by atoms with Gasteiger partial charge in [0.15, 0.2) is 5.96 Å². The summed E-state index contributed by atoms with van der Waals surface area (Å²) in [7, 11) is 0. The van der Waals surface area contributed by atoms with Crippen molar-refractivity contribution in [1.29, 1.82) is 0 Å². The van der Waals surface area contributed by atoms with Crippen LogP contribution in [0.5, 0.6) is 0 Å². The zero-order chi connectivity index (χ0) is 17.9. The van der Waals surface area contributed by atoms with Gasteiger partial charge < -0.3 is 15.5 Å². The molecule has 0 radical (unpaired) electrons. The number of aryl methyl sites for hydroxylation is 1. The van der Waals surface area contributed by atoms with Crippen LogP contribution in [-0.2, 0) is 6.42 Å². The molecule has 0 bridgehead atoms. The number of benzene rings is 1. The molecule has 0 spiro atoms. The quantitative estimate of drug-likeness (QED) is 0.260. The second kappa shape index (κ2) is 13.3. The third kappa shape index (κ3) is 8.66. The maximum atomic E-state index is 13.2. The van der Waals surface area contributed by atoms with E-state index in [4.69, 9.17) is 0 Å². The molecule has 4 nitrogen and oxygen atoms in total. The lowest BCUT2D eigenvalue weighted by molar-refractivity contribution is 0.206. The van der Waals surface area contributed by atoms with Crippen molar-refractivity contribution in [3.63, 3.8) is 0 Å². The van der Waals surface area contributed by atoms with Crippen molar-refractivity contribution in [3.05, 3.63) is 35.6 Å². The maximum absolute atomic E-state index is 13.2. The van der Waals surface area contributed by atoms with E-state index in [9.17, 15) is 4.39 Å². The molecule has 0 amide bonds. The standard InChI is InChI=1S/C20H33FN4.HI/c1-3-13-25-14-10-19(11-15-25)24-20(22-4-2)23-12-6-8-17-7-5-9-18(21)16-17;/h5,7,9,16,19H,3-4,6,8,10-15H2,1-2H3,(H2,22,23,24);1H. The van der Waals surface area contributed by atoms with Crippen LogP contribution < -0.4 is 10.6 Å². The minimum absolute atomic E-state index is 0. The second-order valence-electron chi connectivity index (χ2n) is 6.75. The fourth-order valence-electron chi connectivity index (χ4n) is 3.30. The lowest BCUT2D eigenvalue weighted by Gasteiger charge is -2.32. The average Bonchev–Trinajstić information content (AvgIpc) is 2.61. The van der Waals surface area contributed by atoms with Crippen LogP contribution in [0.25, 0.3) is 0 Å². The molecule has 148 valence electrons. The summed E-state index contributed by atoms with van der Waals surface area (Å²) in [6.45, 7) is 9.50. The average molecular weight is 476 g/mol. The predicted molar refractivity (Wildman–Crippen MR) is 119 cm³/mol. The van der Waals surface area contributed by atoms with Gasteiger partial charge in [-0.2, -0.15) is 0 Å². The zero-order valence-electron chi connectivity index (χ0n) is 16.1. The molecule has 1 aromatic rings. The number of likely N-dealkylation sites (tertiary alicyclic amines) is 1. The number of rotatable bonds is 8. The van der Waals surface area contributed by atoms with E-state index >= 15 is 0 Å². The van der Waals surface area contributed by atoms with Crippen molar-refractivity contribution < 1.29 is 4.39 Å². The molecule has 1 fully saturated rings. The number of hydrogen-bond donors (Lipinski definition) is 2. The molecule has 1 heterocycles. The Kier molecular flexibility index (Phi) is 11.8. The van der Waals surface area contributed by atoms with E-state index in [0.717, 1.165) is 37.5 Å². The lowest BCUT2D eigenvalue weighted by Crippen LogP contribution is -2.48. The smallest absolute Gasteiger partial charge is 0.191 e. The normalized spacial score (nSPS) is 16.2. The molecule has 0 saturated carbocycles. The second-order valence-corrected chi connectivity index (χ2v) is 6.75. The van der Waals surface area contributed by atoms with Crippen LogP contribution in [0.2, 0.25) is 0 Å². The molecular formula is C20H34FIN4. The molecule has 2 N–H and O–H groups in total. The van der Waals surface area contributed by atoms with E-state index in [1.54, 1.807) is 12.1 Å². The largest absolute Gasteiger partial charge is 0.357 e. The Labute approximate surface area is 175 Å². The van der Waals surface area contributed by atoms with Crippen molar-refractivity contribution >= 4 is 29.9 Å². The first-order chi connectivity index (χ1) is 12.2. The molecule has 0 aromatic heterocycles. The van der Waals surface area contributed by atoms with Gasteiger partial charge in [-0.3, -0.25) is 4.99 Å². The Morgan fingerprint density at radius 1 is 1.27 bits per heavy atom. The highest BCUT2D eigenvalue weighted by Gasteiger charge is 2.19. The highest BCUT2D eigenvalue weighted by molar-refractivity contribution is 14.0. The van der Waals surface area contributed by atoms with Crippen molar-refractivity contribution in [2.75, 3.05) is 32.7 Å². The van der Waals surface area contributed by atoms with Crippen LogP contribution in [0.3, 0.4) is 0 Å². The summed E-state index contributed by atoms with van der Waals surface area (Å²) >= 11 is 0. The third-order valence-corrected chi connectivity index (χ3v) is 4.59. The third-order valence-electron chi connectivity index (χ3n) is 4.59. The minimum atomic E-state index is -0.162. The molecule has 0 atom stereocenters. The molecular weight excluding hydrogens is 442 g/mol. The van der Waals surface area contributed by atoms with Crippen LogP contribution in [0.1, 0.15) is 45.1 Å². The Hall–Kier alpha value is -0.890. The van der Waals surface area contributed by atoms with Gasteiger partial charge in [0, 0.05) is 32.2 Å². The molecule has 0 aliphatic carbocycles. The minimum Gasteiger partial charge on any atom is -0.357 e. The number of guanidine groups is 1. The highest BCUT2D eigenvalue weighted by atomic mass is 127. The van der Waals surface area contributed by atoms with E-state index in [-0.39, 0.29) is 29.8 Å². The molecule has 6 heteroatoms. The SMILES string of the molecule is CCCN1CCC(NC(=NCCCc2cccc(F)c2)NCC)CC1.I. The van der Waals surface area contributed by atoms with Gasteiger partial charge in [0.1, 0.15) is 5.82 Å². The lowest BCUT2D eigenvalue weighted by atomic mass is 10.1. The topological polar surface area (TPSA) is 39.7 Å². The van der Waals surface area contributed by atoms with Crippen molar-refractivity contribution in [3.8, 4) is 0 Å². The van der Waals surface area contributed by atoms with Gasteiger partial charge in [-0.1, -0.05) is 19.1 Å². The summed E-state index contributed by atoms with van der Waals surface area (Å²) < 4.78 is 13.2. The summed E-state index contributed by atoms with van der Waals surface area (Å²) in [5, 5.41) is 6.92. The summed E-state index contributed by atoms with van der Waals surface area (Å²) in [6, 6.07) is 7.34. The van der Waals surface area contributed by atoms with Crippen molar-refractivity contribution in [2.24, 2.45) is 4.99 Å². The summed E-state index contributed by atoms with van der Waals surface area (Å²) in [5.41, 5.74) is 1.04. The monoisotopic (exact) mass is 476 g/mol. The summed E-state index contributed by atoms with van der Waals surface area (Å²) in [5.74, 6) is 0.751. The van der Waals surface area contributed by atoms with Gasteiger partial charge in [-0.05, 0) is 63.3 Å². The molecule has 2 rings (SSSR count). The Morgan fingerprint density at radius 2 is 2.04 bits per heavy atom. The number of aliphatic imine (C=N–C) groups is 1. The maximum Gasteiger partial charge on any atom is 0.191 e. The zero-order valence-corrected chi connectivity index (χ0v) is 18.5. The van der Waals surface area contributed by atoms with E-state index in [2.05, 4.69) is 34.4 Å². The summed E-state index contributed by atoms with van der Waals surface area (Å²) in [6.07, 6.45) is 5.36. The van der Waals surface area contributed by atoms with Gasteiger partial charge in [0.2, 0.25) is 0 Å². The number of nitrogens with zero attached hydrogens (tertiary/aromatic N) is 2. The van der Waals surface area contributed by atoms with E-state index in [1.165, 1.54) is 45.0 Å². The van der Waals surface area contributed by atoms with E-state index in [0.29, 0.717) is 6.04 Å². The fourth-order valence-corrected chi connectivity index (χ4v) is 3.30. The highest BCUT2D eigenvalue weighted by Crippen LogP contribution is 2.10. The Morgan fingerprint density at radius 3 is 2.69 bits per heavy atom. The molecule has 1 aliphatic heterocycles. The number of piperidine rings is 1. The molecule has 1 aromatic carbocycles. The summed E-state index contributed by atoms with van der Waals surface area (Å²) in [4.78, 5) is 7.23. The van der Waals surface area contributed by atoms with Crippen molar-refractivity contribution in [1.82, 2.24) is 15.5 Å².